The highest BCUT2D eigenvalue weighted by Crippen LogP contribution is 2.31. The first-order valence-corrected chi connectivity index (χ1v) is 10.8. The van der Waals surface area contributed by atoms with Gasteiger partial charge in [-0.25, -0.2) is 4.68 Å². The highest BCUT2D eigenvalue weighted by atomic mass is 16.2. The summed E-state index contributed by atoms with van der Waals surface area (Å²) in [5, 5.41) is 13.6. The van der Waals surface area contributed by atoms with E-state index in [9.17, 15) is 4.79 Å². The summed E-state index contributed by atoms with van der Waals surface area (Å²) in [7, 11) is 0. The normalized spacial score (nSPS) is 12.8. The monoisotopic (exact) mass is 435 g/mol. The Hall–Kier alpha value is -4.46. The number of rotatable bonds is 4. The van der Waals surface area contributed by atoms with E-state index >= 15 is 0 Å². The van der Waals surface area contributed by atoms with Crippen molar-refractivity contribution in [3.8, 4) is 17.2 Å². The van der Waals surface area contributed by atoms with Crippen molar-refractivity contribution in [2.24, 2.45) is 0 Å². The van der Waals surface area contributed by atoms with Gasteiger partial charge >= 0.3 is 0 Å². The lowest BCUT2D eigenvalue weighted by molar-refractivity contribution is 0.0742. The summed E-state index contributed by atoms with van der Waals surface area (Å²) in [6.07, 6.45) is 5.52. The Balaban J connectivity index is 1.34. The zero-order chi connectivity index (χ0) is 22.4. The fourth-order valence-electron chi connectivity index (χ4n) is 4.26. The summed E-state index contributed by atoms with van der Waals surface area (Å²) in [4.78, 5) is 16.5. The molecule has 2 aromatic carbocycles. The number of carbonyl (C=O) groups is 1. The smallest absolute Gasteiger partial charge is 0.276 e. The molecule has 5 aromatic rings. The second-order valence-corrected chi connectivity index (χ2v) is 8.05. The van der Waals surface area contributed by atoms with Crippen LogP contribution in [0.15, 0.2) is 85.3 Å². The van der Waals surface area contributed by atoms with Crippen molar-refractivity contribution in [3.63, 3.8) is 0 Å². The molecular formula is C25H21N7O. The van der Waals surface area contributed by atoms with E-state index in [1.54, 1.807) is 4.90 Å². The third-order valence-electron chi connectivity index (χ3n) is 5.91. The van der Waals surface area contributed by atoms with Gasteiger partial charge in [-0.1, -0.05) is 36.4 Å². The lowest BCUT2D eigenvalue weighted by atomic mass is 10.2. The summed E-state index contributed by atoms with van der Waals surface area (Å²) in [5.74, 6) is 0.795. The Morgan fingerprint density at radius 3 is 2.42 bits per heavy atom. The van der Waals surface area contributed by atoms with Gasteiger partial charge < -0.3 is 9.47 Å². The van der Waals surface area contributed by atoms with Gasteiger partial charge in [-0.3, -0.25) is 4.79 Å². The van der Waals surface area contributed by atoms with Gasteiger partial charge in [0, 0.05) is 18.0 Å². The van der Waals surface area contributed by atoms with Crippen LogP contribution in [0, 0.1) is 6.92 Å². The van der Waals surface area contributed by atoms with E-state index in [4.69, 9.17) is 5.10 Å². The lowest BCUT2D eigenvalue weighted by Gasteiger charge is -2.17. The standard InChI is InChI=1S/C25H21N7O/c1-18-9-5-6-12-23(18)31-24(29-13-7-8-14-29)20-16-30(17-22(20)27-31)25(33)21-15-26-32(28-21)19-10-3-2-4-11-19/h2-15H,16-17H2,1H3. The average Bonchev–Trinajstić information content (AvgIpc) is 3.63. The van der Waals surface area contributed by atoms with Crippen molar-refractivity contribution >= 4 is 5.91 Å². The summed E-state index contributed by atoms with van der Waals surface area (Å²) in [6, 6.07) is 21.7. The highest BCUT2D eigenvalue weighted by Gasteiger charge is 2.33. The molecule has 162 valence electrons. The van der Waals surface area contributed by atoms with Crippen LogP contribution in [0.5, 0.6) is 0 Å². The highest BCUT2D eigenvalue weighted by molar-refractivity contribution is 5.92. The van der Waals surface area contributed by atoms with Crippen LogP contribution in [-0.2, 0) is 13.1 Å². The number of hydrogen-bond donors (Lipinski definition) is 0. The molecule has 0 unspecified atom stereocenters. The molecule has 0 saturated heterocycles. The van der Waals surface area contributed by atoms with Crippen LogP contribution in [0.4, 0.5) is 0 Å². The molecule has 1 amide bonds. The maximum absolute atomic E-state index is 13.2. The maximum atomic E-state index is 13.2. The molecule has 33 heavy (non-hydrogen) atoms. The minimum absolute atomic E-state index is 0.156. The fraction of sp³-hybridized carbons (Fsp3) is 0.120. The minimum atomic E-state index is -0.156. The summed E-state index contributed by atoms with van der Waals surface area (Å²) >= 11 is 0. The van der Waals surface area contributed by atoms with Crippen molar-refractivity contribution in [3.05, 3.63) is 108 Å². The Morgan fingerprint density at radius 2 is 1.64 bits per heavy atom. The summed E-state index contributed by atoms with van der Waals surface area (Å²) in [6.45, 7) is 2.97. The number of aromatic nitrogens is 6. The van der Waals surface area contributed by atoms with Gasteiger partial charge in [0.1, 0.15) is 5.82 Å². The van der Waals surface area contributed by atoms with Crippen LogP contribution in [0.25, 0.3) is 17.2 Å². The lowest BCUT2D eigenvalue weighted by Crippen LogP contribution is -2.27. The van der Waals surface area contributed by atoms with Crippen molar-refractivity contribution in [1.82, 2.24) is 34.2 Å². The molecule has 0 atom stereocenters. The van der Waals surface area contributed by atoms with Crippen molar-refractivity contribution in [2.45, 2.75) is 20.0 Å². The zero-order valence-corrected chi connectivity index (χ0v) is 18.0. The predicted molar refractivity (Wildman–Crippen MR) is 123 cm³/mol. The molecule has 8 heteroatoms. The second kappa shape index (κ2) is 7.59. The molecule has 1 aliphatic heterocycles. The largest absolute Gasteiger partial charge is 0.327 e. The predicted octanol–water partition coefficient (Wildman–Crippen LogP) is 3.71. The van der Waals surface area contributed by atoms with Crippen molar-refractivity contribution in [2.75, 3.05) is 0 Å². The van der Waals surface area contributed by atoms with Crippen LogP contribution in [0.1, 0.15) is 27.3 Å². The topological polar surface area (TPSA) is 73.8 Å². The molecule has 0 bridgehead atoms. The third-order valence-corrected chi connectivity index (χ3v) is 5.91. The molecule has 8 nitrogen and oxygen atoms in total. The number of nitrogens with zero attached hydrogens (tertiary/aromatic N) is 7. The number of para-hydroxylation sites is 2. The fourth-order valence-corrected chi connectivity index (χ4v) is 4.26. The Kier molecular flexibility index (Phi) is 4.43. The molecule has 0 spiro atoms. The quantitative estimate of drug-likeness (QED) is 0.431. The van der Waals surface area contributed by atoms with Gasteiger partial charge in [0.25, 0.3) is 5.91 Å². The molecule has 0 saturated carbocycles. The minimum Gasteiger partial charge on any atom is -0.327 e. The molecule has 0 aliphatic carbocycles. The number of benzene rings is 2. The van der Waals surface area contributed by atoms with Crippen LogP contribution in [-0.4, -0.2) is 40.1 Å². The Bertz CT molecular complexity index is 1450. The first kappa shape index (κ1) is 19.2. The zero-order valence-electron chi connectivity index (χ0n) is 18.0. The first-order chi connectivity index (χ1) is 16.2. The van der Waals surface area contributed by atoms with Gasteiger partial charge in [0.05, 0.1) is 36.4 Å². The van der Waals surface area contributed by atoms with E-state index in [0.717, 1.165) is 34.0 Å². The molecule has 3 aromatic heterocycles. The van der Waals surface area contributed by atoms with Crippen molar-refractivity contribution < 1.29 is 4.79 Å². The van der Waals surface area contributed by atoms with Gasteiger partial charge in [-0.05, 0) is 42.8 Å². The summed E-state index contributed by atoms with van der Waals surface area (Å²) < 4.78 is 4.03. The first-order valence-electron chi connectivity index (χ1n) is 10.8. The van der Waals surface area contributed by atoms with Gasteiger partial charge in [0.15, 0.2) is 5.69 Å². The number of aryl methyl sites for hydroxylation is 1. The van der Waals surface area contributed by atoms with E-state index in [2.05, 4.69) is 33.8 Å². The number of hydrogen-bond acceptors (Lipinski definition) is 4. The molecule has 6 rings (SSSR count). The average molecular weight is 435 g/mol. The SMILES string of the molecule is Cc1ccccc1-n1nc2c(c1-n1cccc1)CN(C(=O)c1cnn(-c3ccccc3)n1)C2. The van der Waals surface area contributed by atoms with Gasteiger partial charge in [-0.2, -0.15) is 15.0 Å². The van der Waals surface area contributed by atoms with Crippen LogP contribution < -0.4 is 0 Å². The molecule has 0 radical (unpaired) electrons. The number of amides is 1. The molecular weight excluding hydrogens is 414 g/mol. The molecule has 4 heterocycles. The Labute approximate surface area is 190 Å². The van der Waals surface area contributed by atoms with E-state index < -0.39 is 0 Å². The third kappa shape index (κ3) is 3.23. The Morgan fingerprint density at radius 1 is 0.879 bits per heavy atom. The maximum Gasteiger partial charge on any atom is 0.276 e. The van der Waals surface area contributed by atoms with Crippen LogP contribution in [0.2, 0.25) is 0 Å². The van der Waals surface area contributed by atoms with Crippen LogP contribution >= 0.6 is 0 Å². The van der Waals surface area contributed by atoms with E-state index in [1.807, 2.05) is 71.7 Å². The molecule has 0 N–H and O–H groups in total. The second-order valence-electron chi connectivity index (χ2n) is 8.05. The van der Waals surface area contributed by atoms with Crippen LogP contribution in [0.3, 0.4) is 0 Å². The van der Waals surface area contributed by atoms with Gasteiger partial charge in [-0.15, -0.1) is 5.10 Å². The molecule has 0 fully saturated rings. The number of fused-ring (bicyclic) bond motifs is 1. The number of carbonyl (C=O) groups excluding carboxylic acids is 1. The molecule has 1 aliphatic rings. The van der Waals surface area contributed by atoms with E-state index in [0.29, 0.717) is 18.8 Å². The van der Waals surface area contributed by atoms with Gasteiger partial charge in [0.2, 0.25) is 0 Å². The summed E-state index contributed by atoms with van der Waals surface area (Å²) in [5.41, 5.74) is 5.23. The van der Waals surface area contributed by atoms with E-state index in [1.165, 1.54) is 11.0 Å². The van der Waals surface area contributed by atoms with Crippen molar-refractivity contribution in [1.29, 1.82) is 0 Å². The van der Waals surface area contributed by atoms with E-state index in [-0.39, 0.29) is 5.91 Å².